The number of hydroxylamine groups is 2. The number of ether oxygens (including phenoxy) is 1. The minimum absolute atomic E-state index is 0.0126. The van der Waals surface area contributed by atoms with Gasteiger partial charge in [-0.05, 0) is 23.6 Å². The third kappa shape index (κ3) is 2.85. The number of carbonyl (C=O) groups is 3. The van der Waals surface area contributed by atoms with Crippen molar-refractivity contribution in [2.24, 2.45) is 0 Å². The lowest BCUT2D eigenvalue weighted by Gasteiger charge is -2.25. The summed E-state index contributed by atoms with van der Waals surface area (Å²) in [6, 6.07) is 13.0. The Morgan fingerprint density at radius 1 is 1.00 bits per heavy atom. The smallest absolute Gasteiger partial charge is 0.367 e. The van der Waals surface area contributed by atoms with Crippen molar-refractivity contribution < 1.29 is 28.9 Å². The SMILES string of the molecule is COc1ccccc1C(=O)ON1C(=O)c2cccc3cc([N+](=O)[O-])cc(c23)C1=O. The van der Waals surface area contributed by atoms with Gasteiger partial charge in [-0.2, -0.15) is 0 Å². The number of nitro benzene ring substituents is 1. The van der Waals surface area contributed by atoms with E-state index in [1.165, 1.54) is 37.4 Å². The molecule has 1 aliphatic rings. The van der Waals surface area contributed by atoms with Crippen molar-refractivity contribution in [3.05, 3.63) is 81.4 Å². The van der Waals surface area contributed by atoms with E-state index in [1.54, 1.807) is 18.2 Å². The molecule has 29 heavy (non-hydrogen) atoms. The highest BCUT2D eigenvalue weighted by atomic mass is 16.7. The van der Waals surface area contributed by atoms with Gasteiger partial charge in [0.2, 0.25) is 0 Å². The van der Waals surface area contributed by atoms with Crippen LogP contribution in [0.4, 0.5) is 5.69 Å². The summed E-state index contributed by atoms with van der Waals surface area (Å²) in [5.74, 6) is -2.59. The molecule has 2 amide bonds. The second-order valence-electron chi connectivity index (χ2n) is 6.14. The monoisotopic (exact) mass is 392 g/mol. The Morgan fingerprint density at radius 3 is 2.45 bits per heavy atom. The fourth-order valence-electron chi connectivity index (χ4n) is 3.20. The summed E-state index contributed by atoms with van der Waals surface area (Å²) < 4.78 is 5.09. The second kappa shape index (κ2) is 6.71. The van der Waals surface area contributed by atoms with Crippen LogP contribution in [0.15, 0.2) is 54.6 Å². The van der Waals surface area contributed by atoms with Gasteiger partial charge in [0, 0.05) is 17.5 Å². The highest BCUT2D eigenvalue weighted by Crippen LogP contribution is 2.34. The number of methoxy groups -OCH3 is 1. The normalized spacial score (nSPS) is 12.8. The maximum absolute atomic E-state index is 12.9. The number of amides is 2. The first-order valence-electron chi connectivity index (χ1n) is 8.37. The number of hydrogen-bond donors (Lipinski definition) is 0. The van der Waals surface area contributed by atoms with Crippen LogP contribution in [0.3, 0.4) is 0 Å². The van der Waals surface area contributed by atoms with E-state index in [1.807, 2.05) is 0 Å². The van der Waals surface area contributed by atoms with Gasteiger partial charge in [0.25, 0.3) is 17.5 Å². The van der Waals surface area contributed by atoms with E-state index in [0.29, 0.717) is 10.4 Å². The minimum atomic E-state index is -0.981. The van der Waals surface area contributed by atoms with Gasteiger partial charge in [-0.25, -0.2) is 4.79 Å². The number of nitrogens with zero attached hydrogens (tertiary/aromatic N) is 2. The highest BCUT2D eigenvalue weighted by Gasteiger charge is 2.37. The van der Waals surface area contributed by atoms with Crippen molar-refractivity contribution in [3.8, 4) is 5.75 Å². The number of nitro groups is 1. The van der Waals surface area contributed by atoms with E-state index in [2.05, 4.69) is 0 Å². The Labute approximate surface area is 163 Å². The Balaban J connectivity index is 1.79. The summed E-state index contributed by atoms with van der Waals surface area (Å²) >= 11 is 0. The molecule has 9 nitrogen and oxygen atoms in total. The van der Waals surface area contributed by atoms with Crippen LogP contribution >= 0.6 is 0 Å². The third-order valence-corrected chi connectivity index (χ3v) is 4.50. The van der Waals surface area contributed by atoms with Gasteiger partial charge in [-0.15, -0.1) is 0 Å². The topological polar surface area (TPSA) is 116 Å². The molecule has 4 rings (SSSR count). The van der Waals surface area contributed by atoms with Crippen molar-refractivity contribution in [2.45, 2.75) is 0 Å². The number of non-ortho nitro benzene ring substituents is 1. The van der Waals surface area contributed by atoms with Crippen LogP contribution in [0, 0.1) is 10.1 Å². The maximum atomic E-state index is 12.9. The van der Waals surface area contributed by atoms with Crippen molar-refractivity contribution in [2.75, 3.05) is 7.11 Å². The zero-order valence-corrected chi connectivity index (χ0v) is 14.9. The van der Waals surface area contributed by atoms with E-state index < -0.39 is 22.7 Å². The molecule has 0 bridgehead atoms. The quantitative estimate of drug-likeness (QED) is 0.380. The lowest BCUT2D eigenvalue weighted by Crippen LogP contribution is -2.41. The Bertz CT molecular complexity index is 1220. The van der Waals surface area contributed by atoms with Crippen LogP contribution in [0.25, 0.3) is 10.8 Å². The minimum Gasteiger partial charge on any atom is -0.496 e. The number of hydrogen-bond acceptors (Lipinski definition) is 7. The molecular formula is C20H12N2O7. The first-order valence-corrected chi connectivity index (χ1v) is 8.37. The van der Waals surface area contributed by atoms with E-state index in [0.717, 1.165) is 6.07 Å². The molecule has 9 heteroatoms. The Hall–Kier alpha value is -4.27. The summed E-state index contributed by atoms with van der Waals surface area (Å²) in [6.07, 6.45) is 0. The predicted octanol–water partition coefficient (Wildman–Crippen LogP) is 3.12. The van der Waals surface area contributed by atoms with Crippen LogP contribution in [0.5, 0.6) is 5.75 Å². The van der Waals surface area contributed by atoms with Crippen LogP contribution in [-0.2, 0) is 4.84 Å². The molecule has 0 atom stereocenters. The fourth-order valence-corrected chi connectivity index (χ4v) is 3.20. The highest BCUT2D eigenvalue weighted by molar-refractivity contribution is 6.25. The summed E-state index contributed by atoms with van der Waals surface area (Å²) in [5, 5.41) is 12.2. The molecular weight excluding hydrogens is 380 g/mol. The van der Waals surface area contributed by atoms with Crippen LogP contribution in [-0.4, -0.2) is 34.9 Å². The largest absolute Gasteiger partial charge is 0.496 e. The number of imide groups is 1. The van der Waals surface area contributed by atoms with Gasteiger partial charge in [-0.3, -0.25) is 19.7 Å². The van der Waals surface area contributed by atoms with Gasteiger partial charge in [0.1, 0.15) is 11.3 Å². The number of benzene rings is 3. The van der Waals surface area contributed by atoms with Crippen LogP contribution in [0.1, 0.15) is 31.1 Å². The molecule has 0 N–H and O–H groups in total. The van der Waals surface area contributed by atoms with Crippen LogP contribution in [0.2, 0.25) is 0 Å². The average molecular weight is 392 g/mol. The van der Waals surface area contributed by atoms with Gasteiger partial charge < -0.3 is 9.57 Å². The summed E-state index contributed by atoms with van der Waals surface area (Å²) in [5.41, 5.74) is -0.306. The third-order valence-electron chi connectivity index (χ3n) is 4.50. The second-order valence-corrected chi connectivity index (χ2v) is 6.14. The molecule has 0 radical (unpaired) electrons. The zero-order chi connectivity index (χ0) is 20.7. The molecule has 1 aliphatic heterocycles. The Morgan fingerprint density at radius 2 is 1.72 bits per heavy atom. The van der Waals surface area contributed by atoms with E-state index in [9.17, 15) is 24.5 Å². The predicted molar refractivity (Wildman–Crippen MR) is 99.5 cm³/mol. The number of para-hydroxylation sites is 1. The summed E-state index contributed by atoms with van der Waals surface area (Å²) in [7, 11) is 1.36. The summed E-state index contributed by atoms with van der Waals surface area (Å²) in [6.45, 7) is 0. The molecule has 144 valence electrons. The molecule has 1 heterocycles. The molecule has 0 aliphatic carbocycles. The molecule has 0 saturated heterocycles. The average Bonchev–Trinajstić information content (AvgIpc) is 2.74. The van der Waals surface area contributed by atoms with E-state index >= 15 is 0 Å². The molecule has 0 unspecified atom stereocenters. The zero-order valence-electron chi connectivity index (χ0n) is 14.9. The van der Waals surface area contributed by atoms with Crippen LogP contribution < -0.4 is 4.74 Å². The van der Waals surface area contributed by atoms with Gasteiger partial charge in [0.05, 0.1) is 23.2 Å². The molecule has 3 aromatic rings. The standard InChI is InChI=1S/C20H12N2O7/c1-28-16-8-3-2-6-13(16)20(25)29-21-18(23)14-7-4-5-11-9-12(22(26)27)10-15(17(11)14)19(21)24/h2-10H,1H3. The first kappa shape index (κ1) is 18.1. The van der Waals surface area contributed by atoms with E-state index in [-0.39, 0.29) is 33.5 Å². The Kier molecular flexibility index (Phi) is 4.19. The number of carbonyl (C=O) groups excluding carboxylic acids is 3. The lowest BCUT2D eigenvalue weighted by atomic mass is 9.94. The first-order chi connectivity index (χ1) is 13.9. The molecule has 0 aromatic heterocycles. The van der Waals surface area contributed by atoms with Crippen molar-refractivity contribution in [3.63, 3.8) is 0 Å². The van der Waals surface area contributed by atoms with Gasteiger partial charge >= 0.3 is 5.97 Å². The van der Waals surface area contributed by atoms with Gasteiger partial charge in [-0.1, -0.05) is 29.3 Å². The van der Waals surface area contributed by atoms with Gasteiger partial charge in [0.15, 0.2) is 0 Å². The van der Waals surface area contributed by atoms with E-state index in [4.69, 9.17) is 9.57 Å². The summed E-state index contributed by atoms with van der Waals surface area (Å²) in [4.78, 5) is 53.9. The number of rotatable bonds is 4. The fraction of sp³-hybridized carbons (Fsp3) is 0.0500. The van der Waals surface area contributed by atoms with Crippen molar-refractivity contribution >= 4 is 34.2 Å². The molecule has 3 aromatic carbocycles. The maximum Gasteiger partial charge on any atom is 0.367 e. The molecule has 0 spiro atoms. The molecule has 0 saturated carbocycles. The molecule has 0 fully saturated rings. The van der Waals surface area contributed by atoms with Crippen molar-refractivity contribution in [1.82, 2.24) is 5.06 Å². The lowest BCUT2D eigenvalue weighted by molar-refractivity contribution is -0.384. The van der Waals surface area contributed by atoms with Crippen molar-refractivity contribution in [1.29, 1.82) is 0 Å².